The van der Waals surface area contributed by atoms with Gasteiger partial charge in [0.2, 0.25) is 0 Å². The molecule has 0 aliphatic carbocycles. The van der Waals surface area contributed by atoms with Gasteiger partial charge in [0, 0.05) is 39.5 Å². The molecule has 0 unspecified atom stereocenters. The van der Waals surface area contributed by atoms with Crippen LogP contribution in [0.2, 0.25) is 0 Å². The van der Waals surface area contributed by atoms with Gasteiger partial charge in [-0.15, -0.1) is 6.42 Å². The topological polar surface area (TPSA) is 18.5 Å². The highest BCUT2D eigenvalue weighted by Crippen LogP contribution is 2.31. The van der Waals surface area contributed by atoms with Crippen LogP contribution in [0, 0.1) is 48.1 Å². The second-order valence-electron chi connectivity index (χ2n) is 3.51. The van der Waals surface area contributed by atoms with Crippen LogP contribution >= 0.6 is 31.9 Å². The predicted molar refractivity (Wildman–Crippen MR) is 91.0 cm³/mol. The highest BCUT2D eigenvalue weighted by Gasteiger charge is 2.10. The second kappa shape index (κ2) is 9.85. The van der Waals surface area contributed by atoms with Gasteiger partial charge >= 0.3 is 0 Å². The third kappa shape index (κ3) is 5.49. The van der Waals surface area contributed by atoms with Crippen LogP contribution in [-0.2, 0) is 10.7 Å². The molecule has 0 aliphatic rings. The Morgan fingerprint density at radius 1 is 0.952 bits per heavy atom. The van der Waals surface area contributed by atoms with Gasteiger partial charge in [-0.3, -0.25) is 0 Å². The Morgan fingerprint density at radius 2 is 1.52 bits per heavy atom. The molecule has 21 heavy (non-hydrogen) atoms. The quantitative estimate of drug-likeness (QED) is 0.564. The van der Waals surface area contributed by atoms with Crippen molar-refractivity contribution < 1.29 is 9.47 Å². The fourth-order valence-electron chi connectivity index (χ4n) is 1.37. The summed E-state index contributed by atoms with van der Waals surface area (Å²) in [4.78, 5) is 0. The van der Waals surface area contributed by atoms with Gasteiger partial charge in [0.05, 0.1) is 7.11 Å². The van der Waals surface area contributed by atoms with E-state index in [1.165, 1.54) is 0 Å². The number of hydrogen-bond donors (Lipinski definition) is 0. The Labute approximate surface area is 141 Å². The van der Waals surface area contributed by atoms with Crippen LogP contribution in [0.3, 0.4) is 0 Å². The maximum atomic E-state index is 5.42. The monoisotopic (exact) mass is 404 g/mol. The molecule has 0 saturated carbocycles. The Hall–Kier alpha value is -1.98. The van der Waals surface area contributed by atoms with E-state index in [1.807, 2.05) is 12.1 Å². The zero-order chi connectivity index (χ0) is 15.5. The van der Waals surface area contributed by atoms with E-state index in [-0.39, 0.29) is 0 Å². The molecule has 0 spiro atoms. The maximum absolute atomic E-state index is 5.42. The molecule has 1 aromatic rings. The van der Waals surface area contributed by atoms with Crippen LogP contribution in [0.5, 0.6) is 11.5 Å². The second-order valence-corrected chi connectivity index (χ2v) is 4.63. The van der Waals surface area contributed by atoms with Crippen molar-refractivity contribution in [3.8, 4) is 59.6 Å². The van der Waals surface area contributed by atoms with E-state index in [4.69, 9.17) is 15.9 Å². The molecule has 4 heteroatoms. The molecule has 0 amide bonds. The van der Waals surface area contributed by atoms with Crippen molar-refractivity contribution >= 4 is 31.9 Å². The largest absolute Gasteiger partial charge is 0.496 e. The van der Waals surface area contributed by atoms with Gasteiger partial charge in [0.1, 0.15) is 17.6 Å². The molecule has 0 saturated heterocycles. The number of methoxy groups -OCH3 is 1. The maximum Gasteiger partial charge on any atom is 0.144 e. The van der Waals surface area contributed by atoms with Crippen LogP contribution in [0.15, 0.2) is 12.1 Å². The normalized spacial score (nSPS) is 7.90. The molecule has 104 valence electrons. The molecule has 1 rings (SSSR count). The first-order valence-corrected chi connectivity index (χ1v) is 7.95. The van der Waals surface area contributed by atoms with Crippen LogP contribution in [0.4, 0.5) is 0 Å². The molecule has 0 fully saturated rings. The van der Waals surface area contributed by atoms with Crippen molar-refractivity contribution in [1.82, 2.24) is 0 Å². The molecule has 0 bridgehead atoms. The number of rotatable bonds is 4. The van der Waals surface area contributed by atoms with Crippen molar-refractivity contribution in [2.75, 3.05) is 7.11 Å². The molecular weight excluding hydrogens is 396 g/mol. The van der Waals surface area contributed by atoms with Gasteiger partial charge in [0.15, 0.2) is 0 Å². The van der Waals surface area contributed by atoms with Crippen LogP contribution in [-0.4, -0.2) is 7.11 Å². The number of halogens is 2. The summed E-state index contributed by atoms with van der Waals surface area (Å²) in [6, 6.07) is 3.79. The average Bonchev–Trinajstić information content (AvgIpc) is 2.53. The SMILES string of the molecule is C#CC#CC#CC#COc1cc(CBr)c(OC)cc1CBr. The standard InChI is InChI=1S/C17H10Br2O2/c1-3-4-5-6-7-8-9-21-17-11-14(12-18)16(20-2)10-15(17)13-19/h1,10-11H,12-13H2,2H3. The van der Waals surface area contributed by atoms with Gasteiger partial charge in [-0.1, -0.05) is 31.9 Å². The number of ether oxygens (including phenoxy) is 2. The fourth-order valence-corrected chi connectivity index (χ4v) is 2.25. The first-order valence-electron chi connectivity index (χ1n) is 5.71. The molecule has 0 aliphatic heterocycles. The molecule has 1 aromatic carbocycles. The predicted octanol–water partition coefficient (Wildman–Crippen LogP) is 3.46. The van der Waals surface area contributed by atoms with Crippen LogP contribution in [0.25, 0.3) is 0 Å². The van der Waals surface area contributed by atoms with E-state index in [0.717, 1.165) is 16.9 Å². The summed E-state index contributed by atoms with van der Waals surface area (Å²) in [5, 5.41) is 1.28. The summed E-state index contributed by atoms with van der Waals surface area (Å²) < 4.78 is 10.7. The fraction of sp³-hybridized carbons (Fsp3) is 0.176. The molecule has 0 radical (unpaired) electrons. The number of alkyl halides is 2. The molecule has 0 atom stereocenters. The van der Waals surface area contributed by atoms with Crippen molar-refractivity contribution in [2.45, 2.75) is 10.7 Å². The minimum Gasteiger partial charge on any atom is -0.496 e. The zero-order valence-corrected chi connectivity index (χ0v) is 14.4. The summed E-state index contributed by atoms with van der Waals surface area (Å²) >= 11 is 6.82. The Kier molecular flexibility index (Phi) is 8.01. The lowest BCUT2D eigenvalue weighted by atomic mass is 10.1. The lowest BCUT2D eigenvalue weighted by molar-refractivity contribution is 0.409. The van der Waals surface area contributed by atoms with Gasteiger partial charge < -0.3 is 9.47 Å². The van der Waals surface area contributed by atoms with E-state index < -0.39 is 0 Å². The molecular formula is C17H10Br2O2. The van der Waals surface area contributed by atoms with Crippen molar-refractivity contribution in [3.05, 3.63) is 23.3 Å². The van der Waals surface area contributed by atoms with Crippen molar-refractivity contribution in [2.24, 2.45) is 0 Å². The summed E-state index contributed by atoms with van der Waals surface area (Å²) in [5.41, 5.74) is 1.91. The number of benzene rings is 1. The van der Waals surface area contributed by atoms with Gasteiger partial charge in [-0.25, -0.2) is 0 Å². The van der Waals surface area contributed by atoms with E-state index in [9.17, 15) is 0 Å². The van der Waals surface area contributed by atoms with E-state index in [1.54, 1.807) is 7.11 Å². The summed E-state index contributed by atoms with van der Waals surface area (Å²) in [5.74, 6) is 16.0. The highest BCUT2D eigenvalue weighted by atomic mass is 79.9. The highest BCUT2D eigenvalue weighted by molar-refractivity contribution is 9.08. The van der Waals surface area contributed by atoms with Crippen LogP contribution in [0.1, 0.15) is 11.1 Å². The van der Waals surface area contributed by atoms with Gasteiger partial charge in [-0.05, 0) is 29.9 Å². The van der Waals surface area contributed by atoms with Crippen molar-refractivity contribution in [3.63, 3.8) is 0 Å². The minimum absolute atomic E-state index is 0.627. The van der Waals surface area contributed by atoms with E-state index in [2.05, 4.69) is 73.5 Å². The average molecular weight is 406 g/mol. The van der Waals surface area contributed by atoms with E-state index >= 15 is 0 Å². The summed E-state index contributed by atoms with van der Waals surface area (Å²) in [7, 11) is 1.63. The number of terminal acetylenes is 1. The molecule has 0 heterocycles. The molecule has 2 nitrogen and oxygen atoms in total. The Morgan fingerprint density at radius 3 is 2.14 bits per heavy atom. The lowest BCUT2D eigenvalue weighted by Crippen LogP contribution is -1.95. The lowest BCUT2D eigenvalue weighted by Gasteiger charge is -2.11. The first-order chi connectivity index (χ1) is 10.3. The zero-order valence-electron chi connectivity index (χ0n) is 11.2. The Balaban J connectivity index is 2.95. The number of hydrogen-bond acceptors (Lipinski definition) is 2. The third-order valence-corrected chi connectivity index (χ3v) is 3.49. The van der Waals surface area contributed by atoms with Gasteiger partial charge in [0.25, 0.3) is 0 Å². The first kappa shape index (κ1) is 17.1. The van der Waals surface area contributed by atoms with E-state index in [0.29, 0.717) is 16.4 Å². The minimum atomic E-state index is 0.627. The Bertz CT molecular complexity index is 726. The van der Waals surface area contributed by atoms with Gasteiger partial charge in [-0.2, -0.15) is 0 Å². The van der Waals surface area contributed by atoms with Crippen molar-refractivity contribution in [1.29, 1.82) is 0 Å². The van der Waals surface area contributed by atoms with Crippen LogP contribution < -0.4 is 9.47 Å². The smallest absolute Gasteiger partial charge is 0.144 e. The third-order valence-electron chi connectivity index (χ3n) is 2.29. The molecule has 0 aromatic heterocycles. The molecule has 0 N–H and O–H groups in total. The summed E-state index contributed by atoms with van der Waals surface area (Å²) in [6.45, 7) is 0. The summed E-state index contributed by atoms with van der Waals surface area (Å²) in [6.07, 6.45) is 7.48.